The van der Waals surface area contributed by atoms with Crippen LogP contribution in [0.15, 0.2) is 30.5 Å². The molecule has 0 bridgehead atoms. The van der Waals surface area contributed by atoms with Crippen LogP contribution >= 0.6 is 0 Å². The van der Waals surface area contributed by atoms with Crippen molar-refractivity contribution >= 4 is 21.7 Å². The molecule has 0 aliphatic heterocycles. The van der Waals surface area contributed by atoms with Crippen molar-refractivity contribution in [1.29, 1.82) is 0 Å². The molecular formula is C22H27N3O4S. The van der Waals surface area contributed by atoms with Crippen molar-refractivity contribution in [2.45, 2.75) is 57.5 Å². The van der Waals surface area contributed by atoms with E-state index in [-0.39, 0.29) is 6.10 Å². The maximum absolute atomic E-state index is 12.3. The number of fused-ring (bicyclic) bond motifs is 1. The predicted octanol–water partition coefficient (Wildman–Crippen LogP) is 4.03. The predicted molar refractivity (Wildman–Crippen MR) is 116 cm³/mol. The molecule has 2 amide bonds. The minimum absolute atomic E-state index is 0.194. The lowest BCUT2D eigenvalue weighted by Gasteiger charge is -2.22. The zero-order chi connectivity index (χ0) is 21.1. The SMILES string of the molecule is CS(=O)(=O)NC(=O)Nc1c(-c2ccnc(OC3CCCCC3)c2)ccc2c1CCC2. The molecule has 2 aromatic rings. The molecule has 0 radical (unpaired) electrons. The first-order valence-corrected chi connectivity index (χ1v) is 12.3. The van der Waals surface area contributed by atoms with Crippen LogP contribution in [0.25, 0.3) is 11.1 Å². The summed E-state index contributed by atoms with van der Waals surface area (Å²) in [6.45, 7) is 0. The molecule has 2 N–H and O–H groups in total. The number of aromatic nitrogens is 1. The standard InChI is InChI=1S/C22H27N3O4S/c1-30(27,28)25-22(26)24-21-18-9-5-6-15(18)10-11-19(21)16-12-13-23-20(14-16)29-17-7-3-2-4-8-17/h10-14,17H,2-9H2,1H3,(H2,24,25,26). The molecule has 1 aromatic heterocycles. The Bertz CT molecular complexity index is 1050. The first-order chi connectivity index (χ1) is 14.4. The first kappa shape index (κ1) is 20.7. The van der Waals surface area contributed by atoms with Gasteiger partial charge in [0.15, 0.2) is 0 Å². The molecule has 7 nitrogen and oxygen atoms in total. The maximum Gasteiger partial charge on any atom is 0.332 e. The summed E-state index contributed by atoms with van der Waals surface area (Å²) < 4.78 is 31.0. The van der Waals surface area contributed by atoms with Gasteiger partial charge in [0.05, 0.1) is 11.9 Å². The van der Waals surface area contributed by atoms with Gasteiger partial charge in [-0.25, -0.2) is 22.9 Å². The fourth-order valence-corrected chi connectivity index (χ4v) is 4.74. The van der Waals surface area contributed by atoms with Gasteiger partial charge in [0.1, 0.15) is 6.10 Å². The molecule has 2 aliphatic rings. The number of nitrogens with zero attached hydrogens (tertiary/aromatic N) is 1. The van der Waals surface area contributed by atoms with E-state index in [1.54, 1.807) is 6.20 Å². The van der Waals surface area contributed by atoms with E-state index in [9.17, 15) is 13.2 Å². The lowest BCUT2D eigenvalue weighted by atomic mass is 9.97. The highest BCUT2D eigenvalue weighted by Gasteiger charge is 2.22. The Labute approximate surface area is 177 Å². The molecule has 0 spiro atoms. The van der Waals surface area contributed by atoms with Crippen molar-refractivity contribution < 1.29 is 17.9 Å². The summed E-state index contributed by atoms with van der Waals surface area (Å²) in [5.74, 6) is 0.575. The van der Waals surface area contributed by atoms with Gasteiger partial charge >= 0.3 is 6.03 Å². The van der Waals surface area contributed by atoms with Crippen LogP contribution in [0.1, 0.15) is 49.7 Å². The minimum Gasteiger partial charge on any atom is -0.474 e. The summed E-state index contributed by atoms with van der Waals surface area (Å²) in [7, 11) is -3.65. The zero-order valence-electron chi connectivity index (χ0n) is 17.1. The van der Waals surface area contributed by atoms with Crippen molar-refractivity contribution in [3.63, 3.8) is 0 Å². The molecule has 0 saturated heterocycles. The van der Waals surface area contributed by atoms with E-state index in [0.29, 0.717) is 11.6 Å². The molecule has 1 saturated carbocycles. The number of sulfonamides is 1. The number of amides is 2. The fourth-order valence-electron chi connectivity index (χ4n) is 4.35. The number of urea groups is 1. The quantitative estimate of drug-likeness (QED) is 0.748. The normalized spacial score (nSPS) is 16.7. The summed E-state index contributed by atoms with van der Waals surface area (Å²) in [4.78, 5) is 16.7. The van der Waals surface area contributed by atoms with Gasteiger partial charge in [0, 0.05) is 17.8 Å². The number of pyridine rings is 1. The lowest BCUT2D eigenvalue weighted by Crippen LogP contribution is -2.33. The van der Waals surface area contributed by atoms with Gasteiger partial charge in [-0.15, -0.1) is 0 Å². The second-order valence-corrected chi connectivity index (χ2v) is 9.82. The number of carbonyl (C=O) groups excluding carboxylic acids is 1. The molecule has 8 heteroatoms. The van der Waals surface area contributed by atoms with Gasteiger partial charge in [-0.05, 0) is 67.7 Å². The van der Waals surface area contributed by atoms with E-state index in [1.807, 2.05) is 22.9 Å². The number of carbonyl (C=O) groups is 1. The van der Waals surface area contributed by atoms with Crippen LogP contribution in [0.2, 0.25) is 0 Å². The Morgan fingerprint density at radius 2 is 1.90 bits per heavy atom. The smallest absolute Gasteiger partial charge is 0.332 e. The Hall–Kier alpha value is -2.61. The third-order valence-electron chi connectivity index (χ3n) is 5.68. The summed E-state index contributed by atoms with van der Waals surface area (Å²) in [5, 5.41) is 2.78. The van der Waals surface area contributed by atoms with E-state index in [4.69, 9.17) is 4.74 Å². The van der Waals surface area contributed by atoms with Gasteiger partial charge in [-0.2, -0.15) is 0 Å². The summed E-state index contributed by atoms with van der Waals surface area (Å²) in [5.41, 5.74) is 4.60. The van der Waals surface area contributed by atoms with Crippen molar-refractivity contribution in [3.05, 3.63) is 41.6 Å². The lowest BCUT2D eigenvalue weighted by molar-refractivity contribution is 0.149. The molecule has 30 heavy (non-hydrogen) atoms. The van der Waals surface area contributed by atoms with Gasteiger partial charge in [0.2, 0.25) is 15.9 Å². The third-order valence-corrected chi connectivity index (χ3v) is 6.24. The minimum atomic E-state index is -3.65. The Balaban J connectivity index is 1.65. The number of ether oxygens (including phenoxy) is 1. The number of hydrogen-bond acceptors (Lipinski definition) is 5. The van der Waals surface area contributed by atoms with Gasteiger partial charge in [0.25, 0.3) is 0 Å². The van der Waals surface area contributed by atoms with Gasteiger partial charge in [-0.3, -0.25) is 0 Å². The van der Waals surface area contributed by atoms with Gasteiger partial charge in [-0.1, -0.05) is 18.6 Å². The highest BCUT2D eigenvalue weighted by molar-refractivity contribution is 7.89. The molecule has 0 atom stereocenters. The van der Waals surface area contributed by atoms with Crippen LogP contribution in [0, 0.1) is 0 Å². The van der Waals surface area contributed by atoms with E-state index >= 15 is 0 Å². The average Bonchev–Trinajstić information content (AvgIpc) is 3.17. The Morgan fingerprint density at radius 1 is 1.10 bits per heavy atom. The number of aryl methyl sites for hydroxylation is 1. The maximum atomic E-state index is 12.3. The number of benzene rings is 1. The van der Waals surface area contributed by atoms with Crippen LogP contribution in [0.4, 0.5) is 10.5 Å². The van der Waals surface area contributed by atoms with Gasteiger partial charge < -0.3 is 10.1 Å². The fraction of sp³-hybridized carbons (Fsp3) is 0.455. The molecule has 1 aromatic carbocycles. The zero-order valence-corrected chi connectivity index (χ0v) is 17.9. The molecule has 1 heterocycles. The van der Waals surface area contributed by atoms with Crippen molar-refractivity contribution in [2.24, 2.45) is 0 Å². The number of nitrogens with one attached hydrogen (secondary N) is 2. The number of anilines is 1. The monoisotopic (exact) mass is 429 g/mol. The molecule has 1 fully saturated rings. The van der Waals surface area contributed by atoms with E-state index in [2.05, 4.69) is 16.4 Å². The van der Waals surface area contributed by atoms with Crippen LogP contribution in [0.5, 0.6) is 5.88 Å². The van der Waals surface area contributed by atoms with Crippen molar-refractivity contribution in [3.8, 4) is 17.0 Å². The molecule has 2 aliphatic carbocycles. The topological polar surface area (TPSA) is 97.4 Å². The molecule has 160 valence electrons. The average molecular weight is 430 g/mol. The van der Waals surface area contributed by atoms with Crippen LogP contribution < -0.4 is 14.8 Å². The van der Waals surface area contributed by atoms with Crippen molar-refractivity contribution in [2.75, 3.05) is 11.6 Å². The summed E-state index contributed by atoms with van der Waals surface area (Å²) in [6, 6.07) is 7.07. The van der Waals surface area contributed by atoms with Crippen molar-refractivity contribution in [1.82, 2.24) is 9.71 Å². The van der Waals surface area contributed by atoms with E-state index in [0.717, 1.165) is 55.1 Å². The van der Waals surface area contributed by atoms with Crippen LogP contribution in [-0.2, 0) is 22.9 Å². The number of hydrogen-bond donors (Lipinski definition) is 2. The summed E-state index contributed by atoms with van der Waals surface area (Å²) in [6.07, 6.45) is 11.4. The number of rotatable bonds is 5. The second kappa shape index (κ2) is 8.63. The largest absolute Gasteiger partial charge is 0.474 e. The molecular weight excluding hydrogens is 402 g/mol. The second-order valence-electron chi connectivity index (χ2n) is 8.07. The molecule has 0 unspecified atom stereocenters. The highest BCUT2D eigenvalue weighted by atomic mass is 32.2. The molecule has 4 rings (SSSR count). The van der Waals surface area contributed by atoms with Crippen LogP contribution in [0.3, 0.4) is 0 Å². The highest BCUT2D eigenvalue weighted by Crippen LogP contribution is 2.38. The summed E-state index contributed by atoms with van der Waals surface area (Å²) >= 11 is 0. The Morgan fingerprint density at radius 3 is 2.67 bits per heavy atom. The first-order valence-electron chi connectivity index (χ1n) is 10.5. The van der Waals surface area contributed by atoms with E-state index < -0.39 is 16.1 Å². The van der Waals surface area contributed by atoms with Crippen LogP contribution in [-0.4, -0.2) is 31.8 Å². The third kappa shape index (κ3) is 4.92. The van der Waals surface area contributed by atoms with E-state index in [1.165, 1.54) is 24.8 Å². The Kier molecular flexibility index (Phi) is 5.94.